The number of benzene rings is 3. The molecule has 2 atom stereocenters. The van der Waals surface area contributed by atoms with Gasteiger partial charge in [-0.25, -0.2) is 4.79 Å². The zero-order chi connectivity index (χ0) is 22.9. The first-order chi connectivity index (χ1) is 16.0. The number of hydrogen-bond acceptors (Lipinski definition) is 4. The summed E-state index contributed by atoms with van der Waals surface area (Å²) >= 11 is 0. The number of aryl methyl sites for hydroxylation is 1. The van der Waals surface area contributed by atoms with E-state index in [1.54, 1.807) is 0 Å². The van der Waals surface area contributed by atoms with Crippen LogP contribution in [0.5, 0.6) is 0 Å². The molecule has 2 N–H and O–H groups in total. The monoisotopic (exact) mass is 442 g/mol. The van der Waals surface area contributed by atoms with Crippen LogP contribution >= 0.6 is 0 Å². The second-order valence-electron chi connectivity index (χ2n) is 8.72. The smallest absolute Gasteiger partial charge is 0.410 e. The molecule has 3 aromatic carbocycles. The van der Waals surface area contributed by atoms with Crippen molar-refractivity contribution < 1.29 is 19.4 Å². The predicted octanol–water partition coefficient (Wildman–Crippen LogP) is 4.32. The van der Waals surface area contributed by atoms with Gasteiger partial charge in [0.25, 0.3) is 0 Å². The molecule has 1 saturated heterocycles. The first-order valence-electron chi connectivity index (χ1n) is 11.2. The Morgan fingerprint density at radius 1 is 0.970 bits per heavy atom. The minimum absolute atomic E-state index is 0.0614. The summed E-state index contributed by atoms with van der Waals surface area (Å²) in [5.41, 5.74) is 6.30. The van der Waals surface area contributed by atoms with Gasteiger partial charge in [0.1, 0.15) is 12.6 Å². The van der Waals surface area contributed by atoms with E-state index in [9.17, 15) is 14.7 Å². The Morgan fingerprint density at radius 2 is 1.58 bits per heavy atom. The maximum Gasteiger partial charge on any atom is 0.410 e. The number of nitrogens with one attached hydrogen (secondary N) is 1. The fourth-order valence-electron chi connectivity index (χ4n) is 4.80. The maximum absolute atomic E-state index is 13.0. The van der Waals surface area contributed by atoms with E-state index in [1.165, 1.54) is 4.90 Å². The highest BCUT2D eigenvalue weighted by atomic mass is 16.6. The van der Waals surface area contributed by atoms with Crippen LogP contribution < -0.4 is 5.32 Å². The van der Waals surface area contributed by atoms with Crippen LogP contribution in [0.1, 0.15) is 29.0 Å². The van der Waals surface area contributed by atoms with Gasteiger partial charge in [0.2, 0.25) is 5.91 Å². The number of ether oxygens (including phenoxy) is 1. The summed E-state index contributed by atoms with van der Waals surface area (Å²) in [6, 6.07) is 22.9. The molecule has 0 bridgehead atoms. The highest BCUT2D eigenvalue weighted by Crippen LogP contribution is 2.44. The van der Waals surface area contributed by atoms with E-state index in [4.69, 9.17) is 4.74 Å². The fourth-order valence-corrected chi connectivity index (χ4v) is 4.80. The molecule has 1 aliphatic carbocycles. The van der Waals surface area contributed by atoms with Gasteiger partial charge >= 0.3 is 6.09 Å². The summed E-state index contributed by atoms with van der Waals surface area (Å²) in [4.78, 5) is 27.2. The summed E-state index contributed by atoms with van der Waals surface area (Å²) in [5.74, 6) is -0.391. The molecule has 168 valence electrons. The molecule has 2 aliphatic rings. The van der Waals surface area contributed by atoms with Crippen LogP contribution in [0, 0.1) is 6.92 Å². The standard InChI is InChI=1S/C27H26N2O4/c1-17-10-12-18(13-11-17)28-26(31)25-14-19(30)15-29(25)27(32)33-16-24-22-8-4-2-6-20(22)21-7-3-5-9-23(21)24/h2-13,19,24-25,30H,14-16H2,1H3,(H,28,31). The van der Waals surface area contributed by atoms with Gasteiger partial charge in [-0.05, 0) is 41.3 Å². The van der Waals surface area contributed by atoms with Crippen LogP contribution in [-0.2, 0) is 9.53 Å². The third-order valence-corrected chi connectivity index (χ3v) is 6.47. The molecule has 1 fully saturated rings. The van der Waals surface area contributed by atoms with Gasteiger partial charge in [-0.15, -0.1) is 0 Å². The Kier molecular flexibility index (Phi) is 5.60. The van der Waals surface area contributed by atoms with Gasteiger partial charge in [-0.2, -0.15) is 0 Å². The molecule has 2 unspecified atom stereocenters. The molecule has 6 nitrogen and oxygen atoms in total. The molecule has 0 saturated carbocycles. The molecule has 6 heteroatoms. The van der Waals surface area contributed by atoms with E-state index in [-0.39, 0.29) is 31.4 Å². The number of hydrogen-bond donors (Lipinski definition) is 2. The van der Waals surface area contributed by atoms with Gasteiger partial charge in [0.15, 0.2) is 0 Å². The normalized spacial score (nSPS) is 19.2. The van der Waals surface area contributed by atoms with Crippen molar-refractivity contribution >= 4 is 17.7 Å². The topological polar surface area (TPSA) is 78.9 Å². The number of rotatable bonds is 4. The number of likely N-dealkylation sites (tertiary alicyclic amines) is 1. The van der Waals surface area contributed by atoms with Crippen molar-refractivity contribution in [1.29, 1.82) is 0 Å². The van der Waals surface area contributed by atoms with Gasteiger partial charge < -0.3 is 15.2 Å². The average Bonchev–Trinajstić information content (AvgIpc) is 3.37. The minimum Gasteiger partial charge on any atom is -0.448 e. The average molecular weight is 443 g/mol. The van der Waals surface area contributed by atoms with E-state index in [2.05, 4.69) is 29.6 Å². The quantitative estimate of drug-likeness (QED) is 0.631. The lowest BCUT2D eigenvalue weighted by Crippen LogP contribution is -2.43. The highest BCUT2D eigenvalue weighted by molar-refractivity contribution is 5.97. The molecule has 0 aromatic heterocycles. The molecule has 5 rings (SSSR count). The number of carbonyl (C=O) groups is 2. The fraction of sp³-hybridized carbons (Fsp3) is 0.259. The number of β-amino-alcohol motifs (C(OH)–C–C–N with tert-alkyl or cyclic N) is 1. The Balaban J connectivity index is 1.29. The number of anilines is 1. The van der Waals surface area contributed by atoms with Crippen molar-refractivity contribution in [3.05, 3.63) is 89.5 Å². The van der Waals surface area contributed by atoms with Crippen LogP contribution in [0.3, 0.4) is 0 Å². The summed E-state index contributed by atoms with van der Waals surface area (Å²) < 4.78 is 5.71. The molecule has 1 heterocycles. The summed E-state index contributed by atoms with van der Waals surface area (Å²) in [6.45, 7) is 2.21. The Bertz CT molecular complexity index is 1150. The molecule has 33 heavy (non-hydrogen) atoms. The molecule has 3 aromatic rings. The minimum atomic E-state index is -0.781. The number of amides is 2. The third kappa shape index (κ3) is 4.10. The van der Waals surface area contributed by atoms with Crippen molar-refractivity contribution in [2.45, 2.75) is 31.4 Å². The van der Waals surface area contributed by atoms with Crippen LogP contribution in [-0.4, -0.2) is 47.3 Å². The van der Waals surface area contributed by atoms with Gasteiger partial charge in [-0.1, -0.05) is 66.2 Å². The predicted molar refractivity (Wildman–Crippen MR) is 126 cm³/mol. The zero-order valence-electron chi connectivity index (χ0n) is 18.4. The van der Waals surface area contributed by atoms with Crippen molar-refractivity contribution in [1.82, 2.24) is 4.90 Å². The SMILES string of the molecule is Cc1ccc(NC(=O)C2CC(O)CN2C(=O)OCC2c3ccccc3-c3ccccc32)cc1. The first-order valence-corrected chi connectivity index (χ1v) is 11.2. The van der Waals surface area contributed by atoms with Crippen molar-refractivity contribution in [3.8, 4) is 11.1 Å². The summed E-state index contributed by atoms with van der Waals surface area (Å²) in [7, 11) is 0. The zero-order valence-corrected chi connectivity index (χ0v) is 18.4. The lowest BCUT2D eigenvalue weighted by molar-refractivity contribution is -0.120. The number of fused-ring (bicyclic) bond motifs is 3. The van der Waals surface area contributed by atoms with Crippen LogP contribution in [0.15, 0.2) is 72.8 Å². The molecular weight excluding hydrogens is 416 g/mol. The van der Waals surface area contributed by atoms with E-state index < -0.39 is 18.2 Å². The molecular formula is C27H26N2O4. The van der Waals surface area contributed by atoms with Gasteiger partial charge in [0, 0.05) is 18.0 Å². The Morgan fingerprint density at radius 3 is 2.21 bits per heavy atom. The molecule has 2 amide bonds. The Labute approximate surface area is 192 Å². The van der Waals surface area contributed by atoms with Crippen molar-refractivity contribution in [2.75, 3.05) is 18.5 Å². The lowest BCUT2D eigenvalue weighted by atomic mass is 9.98. The number of nitrogens with zero attached hydrogens (tertiary/aromatic N) is 1. The Hall–Kier alpha value is -3.64. The second-order valence-corrected chi connectivity index (χ2v) is 8.72. The largest absolute Gasteiger partial charge is 0.448 e. The van der Waals surface area contributed by atoms with Crippen molar-refractivity contribution in [2.24, 2.45) is 0 Å². The number of carbonyl (C=O) groups excluding carboxylic acids is 2. The molecule has 0 spiro atoms. The second kappa shape index (κ2) is 8.71. The number of aliphatic hydroxyl groups is 1. The van der Waals surface area contributed by atoms with E-state index in [1.807, 2.05) is 55.5 Å². The highest BCUT2D eigenvalue weighted by Gasteiger charge is 2.40. The molecule has 0 radical (unpaired) electrons. The van der Waals surface area contributed by atoms with E-state index in [0.717, 1.165) is 27.8 Å². The van der Waals surface area contributed by atoms with Crippen LogP contribution in [0.25, 0.3) is 11.1 Å². The van der Waals surface area contributed by atoms with E-state index in [0.29, 0.717) is 5.69 Å². The molecule has 1 aliphatic heterocycles. The van der Waals surface area contributed by atoms with Gasteiger partial charge in [0.05, 0.1) is 12.6 Å². The van der Waals surface area contributed by atoms with Crippen LogP contribution in [0.2, 0.25) is 0 Å². The summed E-state index contributed by atoms with van der Waals surface area (Å²) in [5, 5.41) is 13.0. The summed E-state index contributed by atoms with van der Waals surface area (Å²) in [6.07, 6.45) is -1.17. The van der Waals surface area contributed by atoms with Crippen LogP contribution in [0.4, 0.5) is 10.5 Å². The van der Waals surface area contributed by atoms with Crippen molar-refractivity contribution in [3.63, 3.8) is 0 Å². The maximum atomic E-state index is 13.0. The number of aliphatic hydroxyl groups excluding tert-OH is 1. The third-order valence-electron chi connectivity index (χ3n) is 6.47. The van der Waals surface area contributed by atoms with Gasteiger partial charge in [-0.3, -0.25) is 9.69 Å². The lowest BCUT2D eigenvalue weighted by Gasteiger charge is -2.24. The van der Waals surface area contributed by atoms with E-state index >= 15 is 0 Å². The first kappa shape index (κ1) is 21.2.